The van der Waals surface area contributed by atoms with Crippen LogP contribution in [0.4, 0.5) is 5.69 Å². The summed E-state index contributed by atoms with van der Waals surface area (Å²) in [7, 11) is -2.48. The zero-order valence-electron chi connectivity index (χ0n) is 14.1. The van der Waals surface area contributed by atoms with Gasteiger partial charge >= 0.3 is 8.03 Å². The molecular weight excluding hydrogens is 403 g/mol. The van der Waals surface area contributed by atoms with E-state index in [0.29, 0.717) is 16.3 Å². The molecule has 2 atom stereocenters. The molecule has 0 radical (unpaired) electrons. The Bertz CT molecular complexity index is 1030. The predicted octanol–water partition coefficient (Wildman–Crippen LogP) is 4.74. The summed E-state index contributed by atoms with van der Waals surface area (Å²) in [6, 6.07) is 12.7. The summed E-state index contributed by atoms with van der Waals surface area (Å²) < 4.78 is 12.4. The zero-order chi connectivity index (χ0) is 19.4. The molecule has 0 fully saturated rings. The molecule has 2 aromatic carbocycles. The lowest BCUT2D eigenvalue weighted by molar-refractivity contribution is -0.121. The molecule has 1 amide bonds. The number of thiophene rings is 1. The molecule has 0 aliphatic rings. The molecule has 1 aromatic heterocycles. The smallest absolute Gasteiger partial charge is 0.399 e. The molecule has 3 aromatic rings. The fraction of sp³-hybridized carbons (Fsp3) is 0.105. The third kappa shape index (κ3) is 4.93. The van der Waals surface area contributed by atoms with E-state index in [4.69, 9.17) is 17.3 Å². The van der Waals surface area contributed by atoms with Crippen molar-refractivity contribution < 1.29 is 14.3 Å². The van der Waals surface area contributed by atoms with Crippen LogP contribution in [0.15, 0.2) is 54.0 Å². The van der Waals surface area contributed by atoms with Gasteiger partial charge in [-0.05, 0) is 62.9 Å². The maximum absolute atomic E-state index is 12.7. The number of carbonyl (C=O) groups excluding carboxylic acids is 1. The van der Waals surface area contributed by atoms with Crippen LogP contribution in [0.25, 0.3) is 16.2 Å². The van der Waals surface area contributed by atoms with Gasteiger partial charge in [-0.15, -0.1) is 11.3 Å². The largest absolute Gasteiger partial charge is 0.506 e. The average molecular weight is 420 g/mol. The van der Waals surface area contributed by atoms with E-state index in [0.717, 1.165) is 15.6 Å². The molecule has 5 nitrogen and oxygen atoms in total. The molecule has 0 aliphatic carbocycles. The first-order valence-corrected chi connectivity index (χ1v) is 10.7. The van der Waals surface area contributed by atoms with Crippen molar-refractivity contribution in [2.24, 2.45) is 0 Å². The van der Waals surface area contributed by atoms with Crippen LogP contribution in [-0.4, -0.2) is 17.0 Å². The minimum Gasteiger partial charge on any atom is -0.399 e. The van der Waals surface area contributed by atoms with Crippen molar-refractivity contribution >= 4 is 58.7 Å². The molecule has 3 rings (SSSR count). The number of fused-ring (bicyclic) bond motifs is 1. The fourth-order valence-corrected chi connectivity index (χ4v) is 4.60. The van der Waals surface area contributed by atoms with E-state index in [1.54, 1.807) is 30.3 Å². The first-order valence-electron chi connectivity index (χ1n) is 8.06. The summed E-state index contributed by atoms with van der Waals surface area (Å²) in [6.45, 7) is 0. The van der Waals surface area contributed by atoms with Gasteiger partial charge in [0, 0.05) is 21.6 Å². The molecule has 0 bridgehead atoms. The third-order valence-electron chi connectivity index (χ3n) is 4.01. The van der Waals surface area contributed by atoms with Gasteiger partial charge in [0.25, 0.3) is 0 Å². The Morgan fingerprint density at radius 1 is 1.33 bits per heavy atom. The van der Waals surface area contributed by atoms with E-state index in [-0.39, 0.29) is 12.1 Å². The second-order valence-corrected chi connectivity index (χ2v) is 8.35. The Labute approximate surface area is 166 Å². The molecule has 1 heterocycles. The van der Waals surface area contributed by atoms with E-state index in [2.05, 4.69) is 5.32 Å². The maximum atomic E-state index is 12.7. The maximum Gasteiger partial charge on any atom is 0.506 e. The first kappa shape index (κ1) is 19.5. The molecule has 0 saturated carbocycles. The molecular formula is C19H17ClN2O3PS+. The van der Waals surface area contributed by atoms with Crippen molar-refractivity contribution in [3.05, 3.63) is 70.2 Å². The summed E-state index contributed by atoms with van der Waals surface area (Å²) >= 11 is 7.55. The summed E-state index contributed by atoms with van der Waals surface area (Å²) in [5.41, 5.74) is 7.90. The molecule has 4 N–H and O–H groups in total. The second kappa shape index (κ2) is 8.63. The number of anilines is 1. The van der Waals surface area contributed by atoms with E-state index in [9.17, 15) is 14.3 Å². The topological polar surface area (TPSA) is 92.4 Å². The van der Waals surface area contributed by atoms with Gasteiger partial charge in [0.1, 0.15) is 5.92 Å². The number of rotatable bonds is 6. The van der Waals surface area contributed by atoms with Crippen LogP contribution >= 0.6 is 31.0 Å². The van der Waals surface area contributed by atoms with Gasteiger partial charge in [0.05, 0.1) is 0 Å². The van der Waals surface area contributed by atoms with E-state index in [1.165, 1.54) is 17.5 Å². The van der Waals surface area contributed by atoms with Crippen LogP contribution in [0, 0.1) is 0 Å². The van der Waals surface area contributed by atoms with Gasteiger partial charge in [-0.3, -0.25) is 4.79 Å². The lowest BCUT2D eigenvalue weighted by Crippen LogP contribution is -2.26. The highest BCUT2D eigenvalue weighted by atomic mass is 35.5. The quantitative estimate of drug-likeness (QED) is 0.397. The summed E-state index contributed by atoms with van der Waals surface area (Å²) in [4.78, 5) is 22.1. The Balaban J connectivity index is 1.84. The molecule has 27 heavy (non-hydrogen) atoms. The Hall–Kier alpha value is -2.24. The average Bonchev–Trinajstić information content (AvgIpc) is 3.02. The second-order valence-electron chi connectivity index (χ2n) is 5.93. The number of halogens is 1. The van der Waals surface area contributed by atoms with Gasteiger partial charge in [-0.1, -0.05) is 23.7 Å². The van der Waals surface area contributed by atoms with Crippen LogP contribution in [0.1, 0.15) is 17.0 Å². The van der Waals surface area contributed by atoms with Gasteiger partial charge in [0.2, 0.25) is 5.91 Å². The van der Waals surface area contributed by atoms with Crippen molar-refractivity contribution in [1.29, 1.82) is 0 Å². The predicted molar refractivity (Wildman–Crippen MR) is 112 cm³/mol. The lowest BCUT2D eigenvalue weighted by atomic mass is 9.99. The standard InChI is InChI=1S/C19H16ClN2O3PS/c20-13-4-5-18-15(9-13)17(11-27-18)16(10-26(24)25)19(23)22-7-6-12-2-1-3-14(21)8-12/h1-9,11,16H,10,21H2,(H-,22,23,24,25)/p+1/b7-6+. The molecule has 0 saturated heterocycles. The number of hydrogen-bond donors (Lipinski definition) is 3. The molecule has 0 spiro atoms. The minimum absolute atomic E-state index is 0.161. The summed E-state index contributed by atoms with van der Waals surface area (Å²) in [5.74, 6) is -1.11. The number of amides is 1. The van der Waals surface area contributed by atoms with Crippen molar-refractivity contribution in [2.45, 2.75) is 5.92 Å². The Morgan fingerprint density at radius 3 is 2.89 bits per heavy atom. The zero-order valence-corrected chi connectivity index (χ0v) is 16.6. The Kier molecular flexibility index (Phi) is 6.24. The number of benzene rings is 2. The van der Waals surface area contributed by atoms with Crippen LogP contribution in [0.2, 0.25) is 5.02 Å². The van der Waals surface area contributed by atoms with Crippen molar-refractivity contribution in [3.63, 3.8) is 0 Å². The van der Waals surface area contributed by atoms with Gasteiger partial charge in [-0.25, -0.2) is 0 Å². The first-order chi connectivity index (χ1) is 12.9. The van der Waals surface area contributed by atoms with Gasteiger partial charge in [-0.2, -0.15) is 4.89 Å². The molecule has 0 aliphatic heterocycles. The molecule has 2 unspecified atom stereocenters. The van der Waals surface area contributed by atoms with E-state index < -0.39 is 13.9 Å². The van der Waals surface area contributed by atoms with Crippen LogP contribution in [0.5, 0.6) is 0 Å². The highest BCUT2D eigenvalue weighted by Gasteiger charge is 2.31. The summed E-state index contributed by atoms with van der Waals surface area (Å²) in [5, 5.41) is 5.91. The van der Waals surface area contributed by atoms with Crippen molar-refractivity contribution in [1.82, 2.24) is 5.32 Å². The van der Waals surface area contributed by atoms with Crippen molar-refractivity contribution in [2.75, 3.05) is 11.9 Å². The van der Waals surface area contributed by atoms with Crippen molar-refractivity contribution in [3.8, 4) is 0 Å². The number of nitrogen functional groups attached to an aromatic ring is 1. The number of nitrogens with two attached hydrogens (primary N) is 1. The van der Waals surface area contributed by atoms with E-state index in [1.807, 2.05) is 23.6 Å². The van der Waals surface area contributed by atoms with Crippen LogP contribution in [0.3, 0.4) is 0 Å². The fourth-order valence-electron chi connectivity index (χ4n) is 2.75. The normalized spacial score (nSPS) is 13.0. The monoisotopic (exact) mass is 419 g/mol. The van der Waals surface area contributed by atoms with Crippen LogP contribution in [-0.2, 0) is 9.36 Å². The van der Waals surface area contributed by atoms with Gasteiger partial charge < -0.3 is 11.1 Å². The SMILES string of the molecule is Nc1cccc(/C=C/NC(=O)C(C[P+](=O)O)c2csc3ccc(Cl)cc23)c1. The third-order valence-corrected chi connectivity index (χ3v) is 5.90. The van der Waals surface area contributed by atoms with Crippen LogP contribution < -0.4 is 11.1 Å². The van der Waals surface area contributed by atoms with E-state index >= 15 is 0 Å². The Morgan fingerprint density at radius 2 is 2.15 bits per heavy atom. The molecule has 8 heteroatoms. The minimum atomic E-state index is -2.48. The lowest BCUT2D eigenvalue weighted by Gasteiger charge is -2.10. The van der Waals surface area contributed by atoms with Gasteiger partial charge in [0.15, 0.2) is 6.16 Å². The summed E-state index contributed by atoms with van der Waals surface area (Å²) in [6.07, 6.45) is 3.06. The number of nitrogens with one attached hydrogen (secondary N) is 1. The number of carbonyl (C=O) groups is 1. The highest BCUT2D eigenvalue weighted by molar-refractivity contribution is 7.38. The number of hydrogen-bond acceptors (Lipinski definition) is 4. The highest BCUT2D eigenvalue weighted by Crippen LogP contribution is 2.36. The molecule has 138 valence electrons.